The molecule has 4 aliphatic rings. The van der Waals surface area contributed by atoms with Gasteiger partial charge in [0.25, 0.3) is 0 Å². The Hall–Kier alpha value is -1.84. The third-order valence-corrected chi connectivity index (χ3v) is 5.14. The van der Waals surface area contributed by atoms with Crippen LogP contribution >= 0.6 is 0 Å². The van der Waals surface area contributed by atoms with Crippen molar-refractivity contribution in [1.82, 2.24) is 5.43 Å². The molecule has 1 atom stereocenters. The van der Waals surface area contributed by atoms with Gasteiger partial charge >= 0.3 is 0 Å². The summed E-state index contributed by atoms with van der Waals surface area (Å²) in [7, 11) is 0. The van der Waals surface area contributed by atoms with E-state index in [1.54, 1.807) is 5.57 Å². The summed E-state index contributed by atoms with van der Waals surface area (Å²) in [5.74, 6) is 0. The fourth-order valence-electron chi connectivity index (χ4n) is 4.16. The number of aliphatic hydroxyl groups excluding tert-OH is 1. The smallest absolute Gasteiger partial charge is 0.161 e. The Morgan fingerprint density at radius 2 is 2.10 bits per heavy atom. The quantitative estimate of drug-likeness (QED) is 0.739. The van der Waals surface area contributed by atoms with Crippen molar-refractivity contribution in [2.24, 2.45) is 0 Å². The number of hydrazine groups is 1. The number of anilines is 1. The van der Waals surface area contributed by atoms with E-state index in [0.717, 1.165) is 43.1 Å². The molecule has 0 aromatic heterocycles. The average Bonchev–Trinajstić information content (AvgIpc) is 2.79. The van der Waals surface area contributed by atoms with Crippen LogP contribution in [0, 0.1) is 0 Å². The maximum Gasteiger partial charge on any atom is 0.161 e. The van der Waals surface area contributed by atoms with Gasteiger partial charge in [-0.05, 0) is 71.4 Å². The first-order valence-corrected chi connectivity index (χ1v) is 7.79. The van der Waals surface area contributed by atoms with E-state index in [-0.39, 0.29) is 0 Å². The van der Waals surface area contributed by atoms with Crippen LogP contribution in [0.1, 0.15) is 24.8 Å². The molecule has 2 N–H and O–H groups in total. The molecule has 0 saturated heterocycles. The molecule has 5 rings (SSSR count). The van der Waals surface area contributed by atoms with Crippen LogP contribution in [-0.2, 0) is 6.42 Å². The molecule has 2 aliphatic carbocycles. The summed E-state index contributed by atoms with van der Waals surface area (Å²) < 4.78 is 0. The maximum absolute atomic E-state index is 10.3. The zero-order valence-electron chi connectivity index (χ0n) is 11.9. The third kappa shape index (κ3) is 1.56. The SMILES string of the molecule is O[C@H]1C=c2cc3c4cc2N1NCCC1=C(CC3)C=4CC=C1. The Kier molecular flexibility index (Phi) is 2.29. The molecule has 3 heteroatoms. The largest absolute Gasteiger partial charge is 0.369 e. The van der Waals surface area contributed by atoms with E-state index < -0.39 is 6.23 Å². The number of nitrogens with zero attached hydrogens (tertiary/aromatic N) is 1. The first-order chi connectivity index (χ1) is 10.3. The van der Waals surface area contributed by atoms with Crippen LogP contribution < -0.4 is 20.9 Å². The summed E-state index contributed by atoms with van der Waals surface area (Å²) in [6.07, 6.45) is 10.3. The molecule has 0 saturated carbocycles. The van der Waals surface area contributed by atoms with Gasteiger partial charge in [0.1, 0.15) is 0 Å². The van der Waals surface area contributed by atoms with Gasteiger partial charge in [0, 0.05) is 11.8 Å². The molecule has 0 radical (unpaired) electrons. The van der Waals surface area contributed by atoms with Gasteiger partial charge in [0.15, 0.2) is 6.23 Å². The van der Waals surface area contributed by atoms with E-state index >= 15 is 0 Å². The lowest BCUT2D eigenvalue weighted by Crippen LogP contribution is -2.45. The maximum atomic E-state index is 10.3. The average molecular weight is 278 g/mol. The first-order valence-electron chi connectivity index (χ1n) is 7.79. The summed E-state index contributed by atoms with van der Waals surface area (Å²) in [5, 5.41) is 14.7. The van der Waals surface area contributed by atoms with Crippen LogP contribution in [0.15, 0.2) is 35.4 Å². The molecule has 2 heterocycles. The predicted octanol–water partition coefficient (Wildman–Crippen LogP) is 0.867. The van der Waals surface area contributed by atoms with E-state index in [4.69, 9.17) is 0 Å². The van der Waals surface area contributed by atoms with Crippen molar-refractivity contribution in [1.29, 1.82) is 0 Å². The molecule has 21 heavy (non-hydrogen) atoms. The Labute approximate surface area is 123 Å². The van der Waals surface area contributed by atoms with Crippen molar-refractivity contribution in [2.75, 3.05) is 11.6 Å². The third-order valence-electron chi connectivity index (χ3n) is 5.14. The molecule has 0 spiro atoms. The molecule has 106 valence electrons. The zero-order chi connectivity index (χ0) is 14.0. The van der Waals surface area contributed by atoms with Crippen molar-refractivity contribution >= 4 is 17.3 Å². The van der Waals surface area contributed by atoms with Crippen molar-refractivity contribution < 1.29 is 5.11 Å². The number of aliphatic hydroxyl groups is 1. The number of hydrogen-bond donors (Lipinski definition) is 2. The Morgan fingerprint density at radius 3 is 3.05 bits per heavy atom. The molecule has 0 unspecified atom stereocenters. The van der Waals surface area contributed by atoms with Gasteiger partial charge in [-0.25, -0.2) is 5.43 Å². The monoisotopic (exact) mass is 278 g/mol. The molecule has 1 aromatic rings. The molecular weight excluding hydrogens is 260 g/mol. The summed E-state index contributed by atoms with van der Waals surface area (Å²) in [5.41, 5.74) is 10.5. The van der Waals surface area contributed by atoms with E-state index in [1.807, 2.05) is 11.1 Å². The Bertz CT molecular complexity index is 832. The number of nitrogens with one attached hydrogen (secondary N) is 1. The number of rotatable bonds is 0. The van der Waals surface area contributed by atoms with Crippen molar-refractivity contribution in [3.05, 3.63) is 51.4 Å². The van der Waals surface area contributed by atoms with Crippen LogP contribution in [0.4, 0.5) is 5.69 Å². The normalized spacial score (nSPS) is 25.5. The lowest BCUT2D eigenvalue weighted by molar-refractivity contribution is 0.220. The second-order valence-electron chi connectivity index (χ2n) is 6.27. The highest BCUT2D eigenvalue weighted by molar-refractivity contribution is 5.75. The van der Waals surface area contributed by atoms with Gasteiger partial charge in [-0.15, -0.1) is 0 Å². The molecule has 0 fully saturated rings. The van der Waals surface area contributed by atoms with E-state index in [2.05, 4.69) is 29.7 Å². The summed E-state index contributed by atoms with van der Waals surface area (Å²) >= 11 is 0. The highest BCUT2D eigenvalue weighted by Gasteiger charge is 2.26. The minimum Gasteiger partial charge on any atom is -0.369 e. The zero-order valence-corrected chi connectivity index (χ0v) is 11.9. The second-order valence-corrected chi connectivity index (χ2v) is 6.27. The van der Waals surface area contributed by atoms with Crippen LogP contribution in [0.5, 0.6) is 0 Å². The minimum absolute atomic E-state index is 0.558. The van der Waals surface area contributed by atoms with Gasteiger partial charge in [0.05, 0.1) is 5.69 Å². The van der Waals surface area contributed by atoms with Crippen LogP contribution in [0.2, 0.25) is 0 Å². The van der Waals surface area contributed by atoms with Gasteiger partial charge in [-0.2, -0.15) is 0 Å². The molecule has 5 bridgehead atoms. The number of benzene rings is 1. The summed E-state index contributed by atoms with van der Waals surface area (Å²) in [4.78, 5) is 0. The van der Waals surface area contributed by atoms with Crippen molar-refractivity contribution in [3.63, 3.8) is 0 Å². The fraction of sp³-hybridized carbons (Fsp3) is 0.333. The van der Waals surface area contributed by atoms with E-state index in [1.165, 1.54) is 21.9 Å². The van der Waals surface area contributed by atoms with Crippen LogP contribution in [0.25, 0.3) is 11.6 Å². The standard InChI is InChI=1S/C18H18N2O/c21-18-9-13-8-12-4-5-14-11-2-1-3-15(14)16(12)10-17(13)20(18)19-7-6-11/h1-2,8-10,18-19,21H,3-7H2/t18-/m0/s1. The molecule has 2 aliphatic heterocycles. The summed E-state index contributed by atoms with van der Waals surface area (Å²) in [6.45, 7) is 0.859. The van der Waals surface area contributed by atoms with E-state index in [9.17, 15) is 5.11 Å². The number of allylic oxidation sites excluding steroid dienone is 3. The lowest BCUT2D eigenvalue weighted by atomic mass is 9.80. The van der Waals surface area contributed by atoms with Gasteiger partial charge in [-0.3, -0.25) is 5.01 Å². The van der Waals surface area contributed by atoms with Crippen molar-refractivity contribution in [3.8, 4) is 0 Å². The highest BCUT2D eigenvalue weighted by Crippen LogP contribution is 2.34. The summed E-state index contributed by atoms with van der Waals surface area (Å²) in [6, 6.07) is 4.56. The fourth-order valence-corrected chi connectivity index (χ4v) is 4.16. The minimum atomic E-state index is -0.558. The van der Waals surface area contributed by atoms with Crippen LogP contribution in [-0.4, -0.2) is 17.9 Å². The molecule has 1 aromatic carbocycles. The lowest BCUT2D eigenvalue weighted by Gasteiger charge is -2.30. The van der Waals surface area contributed by atoms with Gasteiger partial charge < -0.3 is 5.11 Å². The van der Waals surface area contributed by atoms with Gasteiger partial charge in [-0.1, -0.05) is 12.2 Å². The molecule has 0 amide bonds. The highest BCUT2D eigenvalue weighted by atomic mass is 16.3. The molecule has 3 nitrogen and oxygen atoms in total. The van der Waals surface area contributed by atoms with E-state index in [0.29, 0.717) is 0 Å². The second kappa shape index (κ2) is 4.09. The van der Waals surface area contributed by atoms with Crippen molar-refractivity contribution in [2.45, 2.75) is 31.9 Å². The molecular formula is C18H18N2O. The predicted molar refractivity (Wildman–Crippen MR) is 83.8 cm³/mol. The number of aryl methyl sites for hydroxylation is 1. The topological polar surface area (TPSA) is 35.5 Å². The van der Waals surface area contributed by atoms with Gasteiger partial charge in [0.2, 0.25) is 0 Å². The number of hydrogen-bond acceptors (Lipinski definition) is 3. The Morgan fingerprint density at radius 1 is 1.14 bits per heavy atom. The Balaban J connectivity index is 1.89. The first kappa shape index (κ1) is 11.8. The van der Waals surface area contributed by atoms with Crippen LogP contribution in [0.3, 0.4) is 0 Å².